The lowest BCUT2D eigenvalue weighted by molar-refractivity contribution is -0.0847. The molecule has 2 aliphatic rings. The van der Waals surface area contributed by atoms with Crippen molar-refractivity contribution >= 4 is 5.69 Å². The standard InChI is InChI=1S/C13H14N4O/c1-3-12(17-8-6-14-15-17)4-2-11(1)16-7-5-13(16)9-18-10-13/h1-4,6,8H,5,7,9-10H2. The Labute approximate surface area is 105 Å². The first-order valence-corrected chi connectivity index (χ1v) is 6.20. The molecule has 5 heteroatoms. The lowest BCUT2D eigenvalue weighted by Gasteiger charge is -2.58. The highest BCUT2D eigenvalue weighted by Crippen LogP contribution is 2.40. The molecular weight excluding hydrogens is 228 g/mol. The van der Waals surface area contributed by atoms with Crippen molar-refractivity contribution in [2.75, 3.05) is 24.7 Å². The van der Waals surface area contributed by atoms with Crippen LogP contribution in [0.3, 0.4) is 0 Å². The Bertz CT molecular complexity index is 539. The third kappa shape index (κ3) is 1.31. The second-order valence-electron chi connectivity index (χ2n) is 4.98. The highest BCUT2D eigenvalue weighted by molar-refractivity contribution is 5.56. The SMILES string of the molecule is c1cn(-c2ccc(N3CCC34COC4)cc2)nn1. The minimum Gasteiger partial charge on any atom is -0.376 e. The Kier molecular flexibility index (Phi) is 1.99. The zero-order valence-electron chi connectivity index (χ0n) is 9.99. The van der Waals surface area contributed by atoms with Gasteiger partial charge in [-0.25, -0.2) is 4.68 Å². The number of hydrogen-bond donors (Lipinski definition) is 0. The van der Waals surface area contributed by atoms with Crippen LogP contribution in [0.15, 0.2) is 36.7 Å². The van der Waals surface area contributed by atoms with Gasteiger partial charge in [-0.1, -0.05) is 5.21 Å². The zero-order valence-corrected chi connectivity index (χ0v) is 9.99. The minimum atomic E-state index is 0.300. The van der Waals surface area contributed by atoms with Gasteiger partial charge >= 0.3 is 0 Å². The van der Waals surface area contributed by atoms with Crippen LogP contribution < -0.4 is 4.90 Å². The predicted molar refractivity (Wildman–Crippen MR) is 66.9 cm³/mol. The maximum Gasteiger partial charge on any atom is 0.0884 e. The highest BCUT2D eigenvalue weighted by Gasteiger charge is 2.50. The normalized spacial score (nSPS) is 20.6. The number of aromatic nitrogens is 3. The van der Waals surface area contributed by atoms with Crippen molar-refractivity contribution < 1.29 is 4.74 Å². The summed E-state index contributed by atoms with van der Waals surface area (Å²) in [5, 5.41) is 7.80. The van der Waals surface area contributed by atoms with E-state index in [0.717, 1.165) is 25.4 Å². The first-order valence-electron chi connectivity index (χ1n) is 6.20. The summed E-state index contributed by atoms with van der Waals surface area (Å²) in [4.78, 5) is 2.45. The quantitative estimate of drug-likeness (QED) is 0.795. The Morgan fingerprint density at radius 3 is 2.39 bits per heavy atom. The van der Waals surface area contributed by atoms with Crippen LogP contribution in [0.4, 0.5) is 5.69 Å². The summed E-state index contributed by atoms with van der Waals surface area (Å²) < 4.78 is 7.12. The molecule has 0 aliphatic carbocycles. The second kappa shape index (κ2) is 3.55. The van der Waals surface area contributed by atoms with E-state index in [0.29, 0.717) is 5.54 Å². The molecule has 0 saturated carbocycles. The van der Waals surface area contributed by atoms with Crippen LogP contribution in [-0.2, 0) is 4.74 Å². The van der Waals surface area contributed by atoms with Gasteiger partial charge in [-0.05, 0) is 30.7 Å². The molecule has 2 aliphatic heterocycles. The fraction of sp³-hybridized carbons (Fsp3) is 0.385. The fourth-order valence-electron chi connectivity index (χ4n) is 2.71. The van der Waals surface area contributed by atoms with E-state index in [1.54, 1.807) is 10.9 Å². The summed E-state index contributed by atoms with van der Waals surface area (Å²) in [6.07, 6.45) is 4.78. The molecule has 0 N–H and O–H groups in total. The van der Waals surface area contributed by atoms with Gasteiger partial charge in [0.15, 0.2) is 0 Å². The molecule has 0 amide bonds. The molecule has 2 fully saturated rings. The molecule has 18 heavy (non-hydrogen) atoms. The Morgan fingerprint density at radius 2 is 1.89 bits per heavy atom. The third-order valence-corrected chi connectivity index (χ3v) is 3.96. The smallest absolute Gasteiger partial charge is 0.0884 e. The Morgan fingerprint density at radius 1 is 1.11 bits per heavy atom. The molecule has 1 aromatic heterocycles. The van der Waals surface area contributed by atoms with Crippen molar-refractivity contribution in [1.29, 1.82) is 0 Å². The number of anilines is 1. The van der Waals surface area contributed by atoms with Crippen LogP contribution in [0.5, 0.6) is 0 Å². The van der Waals surface area contributed by atoms with E-state index in [1.165, 1.54) is 12.1 Å². The van der Waals surface area contributed by atoms with Gasteiger partial charge in [-0.15, -0.1) is 5.10 Å². The van der Waals surface area contributed by atoms with Crippen molar-refractivity contribution in [1.82, 2.24) is 15.0 Å². The van der Waals surface area contributed by atoms with Gasteiger partial charge in [0.1, 0.15) is 0 Å². The summed E-state index contributed by atoms with van der Waals surface area (Å²) in [7, 11) is 0. The molecule has 92 valence electrons. The first-order chi connectivity index (χ1) is 8.87. The Hall–Kier alpha value is -1.88. The summed E-state index contributed by atoms with van der Waals surface area (Å²) in [5.41, 5.74) is 2.61. The van der Waals surface area contributed by atoms with Crippen molar-refractivity contribution in [3.63, 3.8) is 0 Å². The molecule has 0 bridgehead atoms. The van der Waals surface area contributed by atoms with E-state index in [4.69, 9.17) is 4.74 Å². The van der Waals surface area contributed by atoms with Crippen LogP contribution >= 0.6 is 0 Å². The maximum atomic E-state index is 5.35. The number of rotatable bonds is 2. The predicted octanol–water partition coefficient (Wildman–Crippen LogP) is 1.25. The van der Waals surface area contributed by atoms with Crippen molar-refractivity contribution in [2.24, 2.45) is 0 Å². The van der Waals surface area contributed by atoms with Crippen LogP contribution in [0.25, 0.3) is 5.69 Å². The highest BCUT2D eigenvalue weighted by atomic mass is 16.5. The van der Waals surface area contributed by atoms with Gasteiger partial charge in [0, 0.05) is 12.2 Å². The lowest BCUT2D eigenvalue weighted by atomic mass is 9.82. The largest absolute Gasteiger partial charge is 0.376 e. The first kappa shape index (κ1) is 10.1. The number of nitrogens with zero attached hydrogens (tertiary/aromatic N) is 4. The molecule has 4 rings (SSSR count). The minimum absolute atomic E-state index is 0.300. The summed E-state index contributed by atoms with van der Waals surface area (Å²) in [5.74, 6) is 0. The molecule has 0 radical (unpaired) electrons. The average Bonchev–Trinajstić information content (AvgIpc) is 2.80. The molecule has 0 atom stereocenters. The molecule has 1 spiro atoms. The molecule has 2 saturated heterocycles. The van der Waals surface area contributed by atoms with Gasteiger partial charge in [0.05, 0.1) is 36.8 Å². The van der Waals surface area contributed by atoms with Crippen molar-refractivity contribution in [3.8, 4) is 5.69 Å². The van der Waals surface area contributed by atoms with Crippen LogP contribution in [0.1, 0.15) is 6.42 Å². The van der Waals surface area contributed by atoms with Gasteiger partial charge < -0.3 is 9.64 Å². The second-order valence-corrected chi connectivity index (χ2v) is 4.98. The monoisotopic (exact) mass is 242 g/mol. The van der Waals surface area contributed by atoms with Gasteiger partial charge in [-0.3, -0.25) is 0 Å². The Balaban J connectivity index is 1.60. The zero-order chi connectivity index (χ0) is 12.0. The fourth-order valence-corrected chi connectivity index (χ4v) is 2.71. The van der Waals surface area contributed by atoms with Crippen molar-refractivity contribution in [3.05, 3.63) is 36.7 Å². The molecule has 3 heterocycles. The molecule has 1 aromatic carbocycles. The molecule has 5 nitrogen and oxygen atoms in total. The summed E-state index contributed by atoms with van der Waals surface area (Å²) in [6, 6.07) is 8.46. The lowest BCUT2D eigenvalue weighted by Crippen LogP contribution is -2.71. The van der Waals surface area contributed by atoms with Crippen molar-refractivity contribution in [2.45, 2.75) is 12.0 Å². The molecule has 2 aromatic rings. The van der Waals surface area contributed by atoms with Crippen LogP contribution in [0.2, 0.25) is 0 Å². The van der Waals surface area contributed by atoms with E-state index < -0.39 is 0 Å². The number of benzene rings is 1. The van der Waals surface area contributed by atoms with E-state index in [-0.39, 0.29) is 0 Å². The van der Waals surface area contributed by atoms with Gasteiger partial charge in [0.25, 0.3) is 0 Å². The number of hydrogen-bond acceptors (Lipinski definition) is 4. The maximum absolute atomic E-state index is 5.35. The van der Waals surface area contributed by atoms with Gasteiger partial charge in [0.2, 0.25) is 0 Å². The third-order valence-electron chi connectivity index (χ3n) is 3.96. The average molecular weight is 242 g/mol. The molecule has 0 unspecified atom stereocenters. The van der Waals surface area contributed by atoms with E-state index in [1.807, 2.05) is 6.20 Å². The van der Waals surface area contributed by atoms with Gasteiger partial charge in [-0.2, -0.15) is 0 Å². The van der Waals surface area contributed by atoms with Crippen LogP contribution in [0, 0.1) is 0 Å². The molecular formula is C13H14N4O. The van der Waals surface area contributed by atoms with E-state index in [9.17, 15) is 0 Å². The van der Waals surface area contributed by atoms with Crippen LogP contribution in [-0.4, -0.2) is 40.3 Å². The summed E-state index contributed by atoms with van der Waals surface area (Å²) >= 11 is 0. The summed E-state index contributed by atoms with van der Waals surface area (Å²) in [6.45, 7) is 2.88. The van der Waals surface area contributed by atoms with E-state index >= 15 is 0 Å². The topological polar surface area (TPSA) is 43.2 Å². The number of ether oxygens (including phenoxy) is 1. The van der Waals surface area contributed by atoms with E-state index in [2.05, 4.69) is 39.5 Å².